The Labute approximate surface area is 98.3 Å². The smallest absolute Gasteiger partial charge is 0.217 e. The first-order valence-electron chi connectivity index (χ1n) is 4.68. The molecule has 86 valence electrons. The number of hydrogen-bond acceptors (Lipinski definition) is 3. The fraction of sp³-hybridized carbons (Fsp3) is 0.273. The lowest BCUT2D eigenvalue weighted by atomic mass is 10.1. The number of rotatable bonds is 5. The summed E-state index contributed by atoms with van der Waals surface area (Å²) in [5.74, 6) is 0.0494. The molecule has 2 N–H and O–H groups in total. The first-order chi connectivity index (χ1) is 7.58. The van der Waals surface area contributed by atoms with E-state index in [0.717, 1.165) is 5.56 Å². The number of amides is 1. The third kappa shape index (κ3) is 2.97. The van der Waals surface area contributed by atoms with Gasteiger partial charge in [0, 0.05) is 11.4 Å². The molecule has 0 aliphatic rings. The van der Waals surface area contributed by atoms with Gasteiger partial charge in [0.1, 0.15) is 5.75 Å². The summed E-state index contributed by atoms with van der Waals surface area (Å²) in [5.41, 5.74) is 6.17. The maximum atomic E-state index is 10.7. The van der Waals surface area contributed by atoms with Crippen molar-refractivity contribution in [2.24, 2.45) is 5.73 Å². The van der Waals surface area contributed by atoms with E-state index in [9.17, 15) is 9.59 Å². The Hall–Kier alpha value is -1.55. The van der Waals surface area contributed by atoms with Crippen molar-refractivity contribution in [1.29, 1.82) is 0 Å². The summed E-state index contributed by atoms with van der Waals surface area (Å²) in [6, 6.07) is 3.17. The van der Waals surface area contributed by atoms with Crippen molar-refractivity contribution in [2.75, 3.05) is 7.11 Å². The predicted octanol–water partition coefficient (Wildman–Crippen LogP) is 1.58. The van der Waals surface area contributed by atoms with Gasteiger partial charge in [-0.05, 0) is 24.1 Å². The minimum atomic E-state index is -0.394. The van der Waals surface area contributed by atoms with Crippen LogP contribution in [0.4, 0.5) is 0 Å². The molecule has 1 aromatic rings. The predicted molar refractivity (Wildman–Crippen MR) is 60.9 cm³/mol. The van der Waals surface area contributed by atoms with Crippen molar-refractivity contribution in [3.05, 3.63) is 28.3 Å². The molecule has 1 aromatic carbocycles. The number of methoxy groups -OCH3 is 1. The SMILES string of the molecule is COc1cc(CCC(N)=O)c(Cl)cc1C=O. The van der Waals surface area contributed by atoms with Crippen molar-refractivity contribution in [1.82, 2.24) is 0 Å². The van der Waals surface area contributed by atoms with Gasteiger partial charge in [0.15, 0.2) is 6.29 Å². The highest BCUT2D eigenvalue weighted by Crippen LogP contribution is 2.26. The third-order valence-electron chi connectivity index (χ3n) is 2.17. The van der Waals surface area contributed by atoms with E-state index in [4.69, 9.17) is 22.1 Å². The van der Waals surface area contributed by atoms with Crippen LogP contribution in [-0.4, -0.2) is 19.3 Å². The largest absolute Gasteiger partial charge is 0.496 e. The Morgan fingerprint density at radius 2 is 2.25 bits per heavy atom. The van der Waals surface area contributed by atoms with Crippen LogP contribution >= 0.6 is 11.6 Å². The van der Waals surface area contributed by atoms with Crippen LogP contribution in [0.5, 0.6) is 5.75 Å². The first-order valence-corrected chi connectivity index (χ1v) is 5.06. The summed E-state index contributed by atoms with van der Waals surface area (Å²) in [7, 11) is 1.47. The molecule has 0 atom stereocenters. The number of aldehydes is 1. The van der Waals surface area contributed by atoms with Gasteiger partial charge in [-0.1, -0.05) is 11.6 Å². The zero-order valence-electron chi connectivity index (χ0n) is 8.83. The monoisotopic (exact) mass is 241 g/mol. The van der Waals surface area contributed by atoms with E-state index in [1.807, 2.05) is 0 Å². The third-order valence-corrected chi connectivity index (χ3v) is 2.52. The summed E-state index contributed by atoms with van der Waals surface area (Å²) in [6.45, 7) is 0. The maximum Gasteiger partial charge on any atom is 0.217 e. The van der Waals surface area contributed by atoms with Crippen LogP contribution in [0.15, 0.2) is 12.1 Å². The van der Waals surface area contributed by atoms with Gasteiger partial charge in [0.2, 0.25) is 5.91 Å². The van der Waals surface area contributed by atoms with Gasteiger partial charge >= 0.3 is 0 Å². The number of primary amides is 1. The zero-order chi connectivity index (χ0) is 12.1. The molecular formula is C11H12ClNO3. The van der Waals surface area contributed by atoms with E-state index in [-0.39, 0.29) is 6.42 Å². The second-order valence-electron chi connectivity index (χ2n) is 3.27. The summed E-state index contributed by atoms with van der Waals surface area (Å²) in [6.07, 6.45) is 1.32. The average Bonchev–Trinajstić information content (AvgIpc) is 2.26. The Morgan fingerprint density at radius 1 is 1.56 bits per heavy atom. The lowest BCUT2D eigenvalue weighted by molar-refractivity contribution is -0.117. The second kappa shape index (κ2) is 5.51. The van der Waals surface area contributed by atoms with E-state index in [2.05, 4.69) is 0 Å². The fourth-order valence-electron chi connectivity index (χ4n) is 1.33. The number of nitrogens with two attached hydrogens (primary N) is 1. The average molecular weight is 242 g/mol. The normalized spacial score (nSPS) is 9.88. The number of benzene rings is 1. The van der Waals surface area contributed by atoms with Gasteiger partial charge < -0.3 is 10.5 Å². The number of carbonyl (C=O) groups is 2. The highest BCUT2D eigenvalue weighted by Gasteiger charge is 2.09. The molecule has 0 saturated carbocycles. The van der Waals surface area contributed by atoms with Crippen LogP contribution in [0.25, 0.3) is 0 Å². The highest BCUT2D eigenvalue weighted by atomic mass is 35.5. The molecule has 16 heavy (non-hydrogen) atoms. The van der Waals surface area contributed by atoms with E-state index in [1.165, 1.54) is 13.2 Å². The van der Waals surface area contributed by atoms with Crippen LogP contribution < -0.4 is 10.5 Å². The van der Waals surface area contributed by atoms with Gasteiger partial charge in [-0.25, -0.2) is 0 Å². The molecule has 1 amide bonds. The standard InChI is InChI=1S/C11H12ClNO3/c1-16-10-5-7(2-3-11(13)15)9(12)4-8(10)6-14/h4-6H,2-3H2,1H3,(H2,13,15). The Bertz CT molecular complexity index is 418. The van der Waals surface area contributed by atoms with Gasteiger partial charge in [-0.15, -0.1) is 0 Å². The molecule has 0 aromatic heterocycles. The van der Waals surface area contributed by atoms with E-state index in [1.54, 1.807) is 6.07 Å². The number of hydrogen-bond donors (Lipinski definition) is 1. The van der Waals surface area contributed by atoms with E-state index in [0.29, 0.717) is 29.0 Å². The number of aryl methyl sites for hydroxylation is 1. The van der Waals surface area contributed by atoms with E-state index < -0.39 is 5.91 Å². The fourth-order valence-corrected chi connectivity index (χ4v) is 1.60. The minimum absolute atomic E-state index is 0.212. The minimum Gasteiger partial charge on any atom is -0.496 e. The van der Waals surface area contributed by atoms with Gasteiger partial charge in [0.05, 0.1) is 12.7 Å². The number of halogens is 1. The molecule has 0 heterocycles. The topological polar surface area (TPSA) is 69.4 Å². The first kappa shape index (κ1) is 12.5. The van der Waals surface area contributed by atoms with Gasteiger partial charge in [-0.2, -0.15) is 0 Å². The Balaban J connectivity index is 3.01. The molecule has 0 fully saturated rings. The molecular weight excluding hydrogens is 230 g/mol. The molecule has 0 aliphatic heterocycles. The quantitative estimate of drug-likeness (QED) is 0.796. The van der Waals surface area contributed by atoms with Crippen LogP contribution in [-0.2, 0) is 11.2 Å². The lowest BCUT2D eigenvalue weighted by Crippen LogP contribution is -2.11. The van der Waals surface area contributed by atoms with Gasteiger partial charge in [-0.3, -0.25) is 9.59 Å². The molecule has 0 saturated heterocycles. The number of carbonyl (C=O) groups excluding carboxylic acids is 2. The second-order valence-corrected chi connectivity index (χ2v) is 3.68. The van der Waals surface area contributed by atoms with Crippen molar-refractivity contribution in [3.63, 3.8) is 0 Å². The molecule has 0 bridgehead atoms. The molecule has 0 unspecified atom stereocenters. The summed E-state index contributed by atoms with van der Waals surface area (Å²) in [5, 5.41) is 0.434. The van der Waals surface area contributed by atoms with Crippen molar-refractivity contribution < 1.29 is 14.3 Å². The summed E-state index contributed by atoms with van der Waals surface area (Å²) >= 11 is 5.95. The Kier molecular flexibility index (Phi) is 4.31. The van der Waals surface area contributed by atoms with Crippen LogP contribution in [0.1, 0.15) is 22.3 Å². The van der Waals surface area contributed by atoms with Crippen molar-refractivity contribution in [2.45, 2.75) is 12.8 Å². The van der Waals surface area contributed by atoms with Crippen molar-refractivity contribution in [3.8, 4) is 5.75 Å². The maximum absolute atomic E-state index is 10.7. The highest BCUT2D eigenvalue weighted by molar-refractivity contribution is 6.31. The zero-order valence-corrected chi connectivity index (χ0v) is 9.58. The lowest BCUT2D eigenvalue weighted by Gasteiger charge is -2.08. The Morgan fingerprint density at radius 3 is 2.75 bits per heavy atom. The van der Waals surface area contributed by atoms with Crippen LogP contribution in [0.2, 0.25) is 5.02 Å². The molecule has 0 radical (unpaired) electrons. The van der Waals surface area contributed by atoms with Gasteiger partial charge in [0.25, 0.3) is 0 Å². The van der Waals surface area contributed by atoms with E-state index >= 15 is 0 Å². The van der Waals surface area contributed by atoms with Crippen LogP contribution in [0, 0.1) is 0 Å². The molecule has 0 spiro atoms. The number of ether oxygens (including phenoxy) is 1. The summed E-state index contributed by atoms with van der Waals surface area (Å²) < 4.78 is 5.03. The molecule has 1 rings (SSSR count). The van der Waals surface area contributed by atoms with Crippen molar-refractivity contribution >= 4 is 23.8 Å². The molecule has 5 heteroatoms. The summed E-state index contributed by atoms with van der Waals surface area (Å²) in [4.78, 5) is 21.4. The molecule has 4 nitrogen and oxygen atoms in total. The van der Waals surface area contributed by atoms with Crippen LogP contribution in [0.3, 0.4) is 0 Å². The molecule has 0 aliphatic carbocycles.